The van der Waals surface area contributed by atoms with Gasteiger partial charge in [0.1, 0.15) is 18.7 Å². The van der Waals surface area contributed by atoms with Gasteiger partial charge in [-0.25, -0.2) is 9.78 Å². The number of H-pyrrole nitrogens is 1. The maximum Gasteiger partial charge on any atom is 0.424 e. The molecule has 9 heteroatoms. The molecule has 0 radical (unpaired) electrons. The van der Waals surface area contributed by atoms with Gasteiger partial charge in [-0.3, -0.25) is 4.90 Å². The minimum Gasteiger partial charge on any atom is -0.317 e. The van der Waals surface area contributed by atoms with Gasteiger partial charge in [0.2, 0.25) is 0 Å². The summed E-state index contributed by atoms with van der Waals surface area (Å²) in [5, 5.41) is 3.25. The summed E-state index contributed by atoms with van der Waals surface area (Å²) in [7, 11) is 0. The summed E-state index contributed by atoms with van der Waals surface area (Å²) in [6.45, 7) is 1.22. The molecule has 1 fully saturated rings. The average Bonchev–Trinajstić information content (AvgIpc) is 2.61. The number of hydrogen-bond acceptors (Lipinski definition) is 2. The van der Waals surface area contributed by atoms with Crippen molar-refractivity contribution in [2.75, 3.05) is 36.4 Å². The Balaban J connectivity index is 1.64. The number of aromatic amines is 1. The Bertz CT molecular complexity index is 792. The van der Waals surface area contributed by atoms with Crippen molar-refractivity contribution in [3.63, 3.8) is 0 Å². The molecule has 1 aliphatic rings. The van der Waals surface area contributed by atoms with Crippen LogP contribution in [0.2, 0.25) is 5.02 Å². The predicted molar refractivity (Wildman–Crippen MR) is 92.3 cm³/mol. The van der Waals surface area contributed by atoms with Crippen molar-refractivity contribution in [2.45, 2.75) is 6.18 Å². The summed E-state index contributed by atoms with van der Waals surface area (Å²) < 4.78 is 39.5. The number of halogens is 4. The van der Waals surface area contributed by atoms with E-state index in [9.17, 15) is 18.0 Å². The predicted octanol–water partition coefficient (Wildman–Crippen LogP) is 3.53. The maximum atomic E-state index is 13.2. The first-order chi connectivity index (χ1) is 12.3. The van der Waals surface area contributed by atoms with Crippen LogP contribution < -0.4 is 15.2 Å². The monoisotopic (exact) mass is 385 g/mol. The summed E-state index contributed by atoms with van der Waals surface area (Å²) in [4.78, 5) is 18.2. The van der Waals surface area contributed by atoms with Crippen molar-refractivity contribution in [1.29, 1.82) is 0 Å². The Kier molecular flexibility index (Phi) is 5.22. The lowest BCUT2D eigenvalue weighted by molar-refractivity contribution is -0.367. The van der Waals surface area contributed by atoms with E-state index >= 15 is 0 Å². The van der Waals surface area contributed by atoms with Crippen LogP contribution in [-0.2, 0) is 6.18 Å². The Morgan fingerprint density at radius 2 is 1.85 bits per heavy atom. The third-order valence-electron chi connectivity index (χ3n) is 4.10. The van der Waals surface area contributed by atoms with E-state index in [0.717, 1.165) is 6.07 Å². The van der Waals surface area contributed by atoms with Crippen LogP contribution in [0.4, 0.5) is 29.5 Å². The minimum absolute atomic E-state index is 0.0231. The van der Waals surface area contributed by atoms with Gasteiger partial charge in [-0.05, 0) is 30.3 Å². The van der Waals surface area contributed by atoms with E-state index in [0.29, 0.717) is 36.9 Å². The van der Waals surface area contributed by atoms with Crippen LogP contribution in [0.15, 0.2) is 42.6 Å². The molecule has 1 aromatic carbocycles. The number of piperazine rings is 1. The van der Waals surface area contributed by atoms with E-state index in [-0.39, 0.29) is 11.8 Å². The van der Waals surface area contributed by atoms with Crippen molar-refractivity contribution < 1.29 is 22.9 Å². The Morgan fingerprint density at radius 1 is 1.12 bits per heavy atom. The first-order valence-corrected chi connectivity index (χ1v) is 8.37. The second kappa shape index (κ2) is 7.41. The first-order valence-electron chi connectivity index (χ1n) is 7.99. The second-order valence-electron chi connectivity index (χ2n) is 5.84. The normalized spacial score (nSPS) is 15.1. The molecular formula is C17H17ClF3N4O+. The summed E-state index contributed by atoms with van der Waals surface area (Å²) >= 11 is 5.89. The highest BCUT2D eigenvalue weighted by atomic mass is 35.5. The lowest BCUT2D eigenvalue weighted by atomic mass is 10.2. The molecule has 2 heterocycles. The highest BCUT2D eigenvalue weighted by molar-refractivity contribution is 6.30. The van der Waals surface area contributed by atoms with E-state index in [1.54, 1.807) is 34.1 Å². The van der Waals surface area contributed by atoms with Crippen molar-refractivity contribution >= 4 is 29.1 Å². The molecule has 0 saturated carbocycles. The van der Waals surface area contributed by atoms with Crippen LogP contribution in [0, 0.1) is 0 Å². The van der Waals surface area contributed by atoms with E-state index < -0.39 is 11.7 Å². The SMILES string of the molecule is O=C(Nc1cccc(Cl)c1)N1CCN(c2[nH+]cccc2C(F)(F)F)CC1. The van der Waals surface area contributed by atoms with Gasteiger partial charge in [0.05, 0.1) is 19.3 Å². The topological polar surface area (TPSA) is 49.7 Å². The third-order valence-corrected chi connectivity index (χ3v) is 4.33. The van der Waals surface area contributed by atoms with Gasteiger partial charge in [-0.15, -0.1) is 0 Å². The molecule has 0 atom stereocenters. The lowest BCUT2D eigenvalue weighted by Gasteiger charge is -2.31. The fourth-order valence-electron chi connectivity index (χ4n) is 2.82. The van der Waals surface area contributed by atoms with E-state index in [1.165, 1.54) is 12.3 Å². The maximum absolute atomic E-state index is 13.2. The first kappa shape index (κ1) is 18.3. The summed E-state index contributed by atoms with van der Waals surface area (Å²) in [5.41, 5.74) is -0.141. The Labute approximate surface area is 153 Å². The number of amides is 2. The number of carbonyl (C=O) groups is 1. The fourth-order valence-corrected chi connectivity index (χ4v) is 3.01. The standard InChI is InChI=1S/C17H16ClF3N4O/c18-12-3-1-4-13(11-12)23-16(26)25-9-7-24(8-10-25)15-14(17(19,20)21)5-2-6-22-15/h1-6,11H,7-10H2,(H,23,26)/p+1. The molecule has 0 unspecified atom stereocenters. The molecule has 0 bridgehead atoms. The highest BCUT2D eigenvalue weighted by Gasteiger charge is 2.40. The van der Waals surface area contributed by atoms with Gasteiger partial charge in [-0.2, -0.15) is 13.2 Å². The van der Waals surface area contributed by atoms with Gasteiger partial charge >= 0.3 is 12.2 Å². The summed E-state index contributed by atoms with van der Waals surface area (Å²) in [6, 6.07) is 8.83. The Morgan fingerprint density at radius 3 is 2.50 bits per heavy atom. The molecule has 1 saturated heterocycles. The zero-order chi connectivity index (χ0) is 18.7. The molecule has 2 amide bonds. The molecule has 26 heavy (non-hydrogen) atoms. The number of pyridine rings is 1. The van der Waals surface area contributed by atoms with E-state index in [2.05, 4.69) is 10.3 Å². The Hall–Kier alpha value is -2.48. The molecule has 1 aromatic heterocycles. The van der Waals surface area contributed by atoms with Crippen molar-refractivity contribution in [2.24, 2.45) is 0 Å². The largest absolute Gasteiger partial charge is 0.424 e. The molecule has 2 aromatic rings. The van der Waals surface area contributed by atoms with Crippen LogP contribution in [0.3, 0.4) is 0 Å². The number of carbonyl (C=O) groups excluding carboxylic acids is 1. The van der Waals surface area contributed by atoms with Gasteiger partial charge in [0, 0.05) is 10.7 Å². The zero-order valence-electron chi connectivity index (χ0n) is 13.7. The second-order valence-corrected chi connectivity index (χ2v) is 6.28. The number of nitrogens with zero attached hydrogens (tertiary/aromatic N) is 2. The number of benzene rings is 1. The van der Waals surface area contributed by atoms with Gasteiger partial charge < -0.3 is 10.2 Å². The van der Waals surface area contributed by atoms with Crippen LogP contribution in [0.25, 0.3) is 0 Å². The van der Waals surface area contributed by atoms with Gasteiger partial charge in [0.25, 0.3) is 5.82 Å². The van der Waals surface area contributed by atoms with E-state index in [4.69, 9.17) is 11.6 Å². The number of rotatable bonds is 2. The van der Waals surface area contributed by atoms with Crippen LogP contribution in [-0.4, -0.2) is 37.1 Å². The fraction of sp³-hybridized carbons (Fsp3) is 0.294. The van der Waals surface area contributed by atoms with Gasteiger partial charge in [0.15, 0.2) is 0 Å². The number of urea groups is 1. The van der Waals surface area contributed by atoms with Crippen molar-refractivity contribution in [3.05, 3.63) is 53.2 Å². The molecule has 0 aliphatic carbocycles. The molecular weight excluding hydrogens is 369 g/mol. The molecule has 0 spiro atoms. The van der Waals surface area contributed by atoms with E-state index in [1.807, 2.05) is 0 Å². The zero-order valence-corrected chi connectivity index (χ0v) is 14.4. The highest BCUT2D eigenvalue weighted by Crippen LogP contribution is 2.34. The molecule has 2 N–H and O–H groups in total. The quantitative estimate of drug-likeness (QED) is 0.859. The molecule has 138 valence electrons. The number of nitrogens with one attached hydrogen (secondary N) is 2. The summed E-state index contributed by atoms with van der Waals surface area (Å²) in [6.07, 6.45) is -2.98. The molecule has 3 rings (SSSR count). The number of anilines is 2. The van der Waals surface area contributed by atoms with Crippen LogP contribution in [0.5, 0.6) is 0 Å². The van der Waals surface area contributed by atoms with Crippen LogP contribution in [0.1, 0.15) is 5.56 Å². The smallest absolute Gasteiger partial charge is 0.317 e. The number of hydrogen-bond donors (Lipinski definition) is 1. The number of aromatic nitrogens is 1. The summed E-state index contributed by atoms with van der Waals surface area (Å²) in [5.74, 6) is 0.0231. The van der Waals surface area contributed by atoms with Gasteiger partial charge in [-0.1, -0.05) is 17.7 Å². The molecule has 1 aliphatic heterocycles. The average molecular weight is 386 g/mol. The third kappa shape index (κ3) is 4.19. The number of alkyl halides is 3. The van der Waals surface area contributed by atoms with Crippen molar-refractivity contribution in [3.8, 4) is 0 Å². The van der Waals surface area contributed by atoms with Crippen LogP contribution >= 0.6 is 11.6 Å². The molecule has 5 nitrogen and oxygen atoms in total. The minimum atomic E-state index is -4.44. The van der Waals surface area contributed by atoms with Crippen molar-refractivity contribution in [1.82, 2.24) is 4.90 Å². The lowest BCUT2D eigenvalue weighted by Crippen LogP contribution is -2.51.